The molecule has 0 aliphatic carbocycles. The first-order valence-electron chi connectivity index (χ1n) is 10.7. The smallest absolute Gasteiger partial charge is 0.295 e. The molecule has 4 rings (SSSR count). The molecule has 0 bridgehead atoms. The highest BCUT2D eigenvalue weighted by atomic mass is 16.5. The minimum atomic E-state index is -0.717. The summed E-state index contributed by atoms with van der Waals surface area (Å²) in [7, 11) is 3.15. The van der Waals surface area contributed by atoms with Crippen molar-refractivity contribution >= 4 is 17.4 Å². The third-order valence-corrected chi connectivity index (χ3v) is 5.87. The van der Waals surface area contributed by atoms with E-state index in [9.17, 15) is 14.7 Å². The van der Waals surface area contributed by atoms with E-state index in [-0.39, 0.29) is 17.4 Å². The highest BCUT2D eigenvalue weighted by Crippen LogP contribution is 2.41. The molecule has 2 aliphatic rings. The zero-order chi connectivity index (χ0) is 22.8. The number of hydrogen-bond donors (Lipinski definition) is 1. The number of ketones is 1. The zero-order valence-corrected chi connectivity index (χ0v) is 18.5. The molecule has 168 valence electrons. The van der Waals surface area contributed by atoms with Gasteiger partial charge in [-0.25, -0.2) is 0 Å². The number of fused-ring (bicyclic) bond motifs is 1. The Balaban J connectivity index is 1.81. The van der Waals surface area contributed by atoms with Gasteiger partial charge in [-0.3, -0.25) is 9.59 Å². The monoisotopic (exact) mass is 437 g/mol. The number of methoxy groups -OCH3 is 2. The van der Waals surface area contributed by atoms with Gasteiger partial charge in [-0.15, -0.1) is 0 Å². The van der Waals surface area contributed by atoms with Crippen LogP contribution >= 0.6 is 0 Å². The van der Waals surface area contributed by atoms with Crippen LogP contribution in [0.5, 0.6) is 11.5 Å². The number of Topliss-reactive ketones (excluding diaryl/α,β-unsaturated/α-hetero) is 1. The van der Waals surface area contributed by atoms with Crippen LogP contribution < -0.4 is 9.47 Å². The van der Waals surface area contributed by atoms with Crippen molar-refractivity contribution in [3.8, 4) is 11.5 Å². The first-order valence-corrected chi connectivity index (χ1v) is 10.7. The molecule has 0 radical (unpaired) electrons. The summed E-state index contributed by atoms with van der Waals surface area (Å²) in [4.78, 5) is 27.5. The highest BCUT2D eigenvalue weighted by Gasteiger charge is 2.46. The number of benzene rings is 2. The van der Waals surface area contributed by atoms with Crippen molar-refractivity contribution in [3.63, 3.8) is 0 Å². The summed E-state index contributed by atoms with van der Waals surface area (Å²) < 4.78 is 16.2. The minimum absolute atomic E-state index is 0.0607. The molecule has 0 saturated carbocycles. The summed E-state index contributed by atoms with van der Waals surface area (Å²) in [5.41, 5.74) is 2.23. The molecule has 2 aromatic rings. The van der Waals surface area contributed by atoms with E-state index in [4.69, 9.17) is 14.2 Å². The van der Waals surface area contributed by atoms with E-state index in [1.165, 1.54) is 4.90 Å². The number of aliphatic hydroxyl groups is 1. The molecular weight excluding hydrogens is 410 g/mol. The van der Waals surface area contributed by atoms with Gasteiger partial charge in [0.2, 0.25) is 0 Å². The van der Waals surface area contributed by atoms with Crippen LogP contribution in [0.15, 0.2) is 48.0 Å². The van der Waals surface area contributed by atoms with Crippen LogP contribution in [0.3, 0.4) is 0 Å². The third kappa shape index (κ3) is 3.96. The fraction of sp³-hybridized carbons (Fsp3) is 0.360. The maximum atomic E-state index is 13.1. The van der Waals surface area contributed by atoms with E-state index in [2.05, 4.69) is 0 Å². The van der Waals surface area contributed by atoms with Crippen molar-refractivity contribution in [2.45, 2.75) is 31.9 Å². The lowest BCUT2D eigenvalue weighted by atomic mass is 9.94. The molecule has 2 atom stereocenters. The van der Waals surface area contributed by atoms with Crippen molar-refractivity contribution in [3.05, 3.63) is 64.7 Å². The van der Waals surface area contributed by atoms with Gasteiger partial charge in [0, 0.05) is 32.2 Å². The van der Waals surface area contributed by atoms with Crippen molar-refractivity contribution in [2.75, 3.05) is 27.4 Å². The van der Waals surface area contributed by atoms with E-state index in [0.29, 0.717) is 36.4 Å². The van der Waals surface area contributed by atoms with Crippen LogP contribution in [0.1, 0.15) is 36.1 Å². The topological polar surface area (TPSA) is 85.3 Å². The summed E-state index contributed by atoms with van der Waals surface area (Å²) in [6, 6.07) is 11.8. The second-order valence-electron chi connectivity index (χ2n) is 8.07. The average molecular weight is 437 g/mol. The number of aliphatic hydroxyl groups excluding tert-OH is 1. The van der Waals surface area contributed by atoms with E-state index in [1.54, 1.807) is 44.6 Å². The molecule has 2 aliphatic heterocycles. The van der Waals surface area contributed by atoms with E-state index in [1.807, 2.05) is 19.1 Å². The zero-order valence-electron chi connectivity index (χ0n) is 18.5. The number of carbonyl (C=O) groups excluding carboxylic acids is 2. The second kappa shape index (κ2) is 9.04. The van der Waals surface area contributed by atoms with Gasteiger partial charge in [0.15, 0.2) is 0 Å². The molecule has 1 saturated heterocycles. The SMILES string of the molecule is COCCCN1C(=O)C(=O)/C(=C(/O)c2ccc3c(c2)CC(C)O3)C1c1cccc(OC)c1. The van der Waals surface area contributed by atoms with Gasteiger partial charge in [-0.05, 0) is 54.8 Å². The molecular formula is C25H27NO6. The molecule has 1 amide bonds. The predicted molar refractivity (Wildman–Crippen MR) is 119 cm³/mol. The predicted octanol–water partition coefficient (Wildman–Crippen LogP) is 3.48. The van der Waals surface area contributed by atoms with Gasteiger partial charge >= 0.3 is 0 Å². The average Bonchev–Trinajstić information content (AvgIpc) is 3.29. The third-order valence-electron chi connectivity index (χ3n) is 5.87. The number of rotatable bonds is 7. The fourth-order valence-electron chi connectivity index (χ4n) is 4.37. The lowest BCUT2D eigenvalue weighted by Gasteiger charge is -2.25. The van der Waals surface area contributed by atoms with Crippen molar-refractivity contribution in [1.29, 1.82) is 0 Å². The Morgan fingerprint density at radius 3 is 2.75 bits per heavy atom. The highest BCUT2D eigenvalue weighted by molar-refractivity contribution is 6.46. The van der Waals surface area contributed by atoms with Gasteiger partial charge in [0.1, 0.15) is 23.4 Å². The summed E-state index contributed by atoms with van der Waals surface area (Å²) in [5.74, 6) is -0.133. The Hall–Kier alpha value is -3.32. The number of amides is 1. The van der Waals surface area contributed by atoms with Gasteiger partial charge in [-0.1, -0.05) is 12.1 Å². The van der Waals surface area contributed by atoms with Gasteiger partial charge in [0.25, 0.3) is 11.7 Å². The van der Waals surface area contributed by atoms with Crippen LogP contribution in [0.2, 0.25) is 0 Å². The number of carbonyl (C=O) groups is 2. The summed E-state index contributed by atoms with van der Waals surface area (Å²) >= 11 is 0. The Morgan fingerprint density at radius 1 is 1.19 bits per heavy atom. The molecule has 1 N–H and O–H groups in total. The van der Waals surface area contributed by atoms with Crippen LogP contribution in [0.25, 0.3) is 5.76 Å². The van der Waals surface area contributed by atoms with E-state index in [0.717, 1.165) is 17.7 Å². The van der Waals surface area contributed by atoms with Gasteiger partial charge in [0.05, 0.1) is 18.7 Å². The van der Waals surface area contributed by atoms with Crippen molar-refractivity contribution < 1.29 is 28.9 Å². The number of hydrogen-bond acceptors (Lipinski definition) is 6. The lowest BCUT2D eigenvalue weighted by molar-refractivity contribution is -0.140. The largest absolute Gasteiger partial charge is 0.507 e. The first-order chi connectivity index (χ1) is 15.4. The molecule has 2 aromatic carbocycles. The number of ether oxygens (including phenoxy) is 3. The van der Waals surface area contributed by atoms with E-state index >= 15 is 0 Å². The summed E-state index contributed by atoms with van der Waals surface area (Å²) in [6.07, 6.45) is 1.35. The number of nitrogens with zero attached hydrogens (tertiary/aromatic N) is 1. The molecule has 2 unspecified atom stereocenters. The maximum absolute atomic E-state index is 13.1. The van der Waals surface area contributed by atoms with Crippen molar-refractivity contribution in [1.82, 2.24) is 4.90 Å². The Labute approximate surface area is 187 Å². The summed E-state index contributed by atoms with van der Waals surface area (Å²) in [6.45, 7) is 2.76. The minimum Gasteiger partial charge on any atom is -0.507 e. The van der Waals surface area contributed by atoms with Crippen LogP contribution in [0, 0.1) is 0 Å². The Morgan fingerprint density at radius 2 is 2.00 bits per heavy atom. The van der Waals surface area contributed by atoms with Crippen LogP contribution in [-0.4, -0.2) is 55.2 Å². The Kier molecular flexibility index (Phi) is 6.19. The summed E-state index contributed by atoms with van der Waals surface area (Å²) in [5, 5.41) is 11.2. The Bertz CT molecular complexity index is 1080. The van der Waals surface area contributed by atoms with Crippen LogP contribution in [0.4, 0.5) is 0 Å². The molecule has 1 fully saturated rings. The molecule has 0 aromatic heterocycles. The van der Waals surface area contributed by atoms with Crippen LogP contribution in [-0.2, 0) is 20.7 Å². The fourth-order valence-corrected chi connectivity index (χ4v) is 4.37. The first kappa shape index (κ1) is 21.9. The van der Waals surface area contributed by atoms with Crippen molar-refractivity contribution in [2.24, 2.45) is 0 Å². The molecule has 0 spiro atoms. The lowest BCUT2D eigenvalue weighted by Crippen LogP contribution is -2.31. The molecule has 32 heavy (non-hydrogen) atoms. The normalized spacial score (nSPS) is 21.5. The molecule has 2 heterocycles. The maximum Gasteiger partial charge on any atom is 0.295 e. The molecule has 7 nitrogen and oxygen atoms in total. The second-order valence-corrected chi connectivity index (χ2v) is 8.07. The molecule has 7 heteroatoms. The standard InChI is InChI=1S/C25H27NO6/c1-15-12-18-13-17(8-9-20(18)32-15)23(27)21-22(16-6-4-7-19(14-16)31-3)26(10-5-11-30-2)25(29)24(21)28/h4,6-9,13-15,22,27H,5,10-12H2,1-3H3/b23-21+. The number of likely N-dealkylation sites (tertiary alicyclic amines) is 1. The van der Waals surface area contributed by atoms with Gasteiger partial charge in [-0.2, -0.15) is 0 Å². The van der Waals surface area contributed by atoms with Gasteiger partial charge < -0.3 is 24.2 Å². The quantitative estimate of drug-likeness (QED) is 0.309. The van der Waals surface area contributed by atoms with E-state index < -0.39 is 17.7 Å².